The molecule has 1 aromatic heterocycles. The maximum Gasteiger partial charge on any atom is 0.352 e. The van der Waals surface area contributed by atoms with Gasteiger partial charge in [-0.3, -0.25) is 14.3 Å². The van der Waals surface area contributed by atoms with E-state index >= 15 is 0 Å². The van der Waals surface area contributed by atoms with Gasteiger partial charge in [-0.05, 0) is 104 Å². The van der Waals surface area contributed by atoms with E-state index in [9.17, 15) is 23.7 Å². The first kappa shape index (κ1) is 36.2. The topological polar surface area (TPSA) is 140 Å². The first-order chi connectivity index (χ1) is 24.9. The summed E-state index contributed by atoms with van der Waals surface area (Å²) in [6.45, 7) is 3.79. The molecule has 2 aliphatic carbocycles. The van der Waals surface area contributed by atoms with Crippen LogP contribution in [-0.4, -0.2) is 70.3 Å². The number of carbonyl (C=O) groups is 3. The fourth-order valence-corrected chi connectivity index (χ4v) is 10.6. The molecule has 1 saturated carbocycles. The minimum absolute atomic E-state index is 0.00117. The molecule has 2 bridgehead atoms. The fraction of sp³-hybridized carbons (Fsp3) is 0.462. The molecule has 3 aromatic rings. The number of aryl methyl sites for hydroxylation is 2. The highest BCUT2D eigenvalue weighted by molar-refractivity contribution is 7.92. The molecule has 1 fully saturated rings. The van der Waals surface area contributed by atoms with Crippen LogP contribution in [0, 0.1) is 17.8 Å². The second kappa shape index (κ2) is 14.4. The van der Waals surface area contributed by atoms with Crippen LogP contribution < -0.4 is 14.4 Å². The molecule has 276 valence electrons. The number of fused-ring (bicyclic) bond motifs is 4. The van der Waals surface area contributed by atoms with Crippen LogP contribution >= 0.6 is 11.6 Å². The minimum Gasteiger partial charge on any atom is -0.490 e. The normalized spacial score (nSPS) is 29.4. The van der Waals surface area contributed by atoms with E-state index in [1.165, 1.54) is 35.0 Å². The minimum atomic E-state index is -3.67. The van der Waals surface area contributed by atoms with E-state index in [4.69, 9.17) is 21.1 Å². The number of anilines is 1. The van der Waals surface area contributed by atoms with E-state index in [-0.39, 0.29) is 40.0 Å². The number of hydrogen-bond acceptors (Lipinski definition) is 7. The lowest BCUT2D eigenvalue weighted by molar-refractivity contribution is 0.0131. The number of aromatic nitrogens is 1. The summed E-state index contributed by atoms with van der Waals surface area (Å²) in [4.78, 5) is 41.4. The van der Waals surface area contributed by atoms with Crippen molar-refractivity contribution in [3.05, 3.63) is 93.8 Å². The van der Waals surface area contributed by atoms with Crippen molar-refractivity contribution in [2.24, 2.45) is 29.2 Å². The van der Waals surface area contributed by atoms with Crippen LogP contribution in [0.2, 0.25) is 5.02 Å². The van der Waals surface area contributed by atoms with Crippen molar-refractivity contribution in [3.8, 4) is 5.75 Å². The van der Waals surface area contributed by atoms with E-state index in [1.54, 1.807) is 25.3 Å². The zero-order valence-corrected chi connectivity index (χ0v) is 31.3. The number of carboxylic acid groups (broad SMARTS) is 1. The van der Waals surface area contributed by atoms with Gasteiger partial charge in [0.1, 0.15) is 21.4 Å². The number of nitrogens with zero attached hydrogens (tertiary/aromatic N) is 3. The Hall–Kier alpha value is -4.13. The maximum absolute atomic E-state index is 14.5. The van der Waals surface area contributed by atoms with Crippen LogP contribution in [0.4, 0.5) is 5.69 Å². The summed E-state index contributed by atoms with van der Waals surface area (Å²) >= 11 is 6.45. The molecule has 0 radical (unpaired) electrons. The predicted molar refractivity (Wildman–Crippen MR) is 200 cm³/mol. The maximum atomic E-state index is 14.5. The Morgan fingerprint density at radius 2 is 2.00 bits per heavy atom. The largest absolute Gasteiger partial charge is 0.490 e. The number of methoxy groups -OCH3 is 1. The van der Waals surface area contributed by atoms with Crippen molar-refractivity contribution >= 4 is 45.0 Å². The number of halogens is 1. The zero-order valence-electron chi connectivity index (χ0n) is 29.7. The molecule has 2 aromatic carbocycles. The number of carboxylic acids is 1. The van der Waals surface area contributed by atoms with Gasteiger partial charge in [0.2, 0.25) is 0 Å². The molecule has 2 N–H and O–H groups in total. The van der Waals surface area contributed by atoms with Crippen molar-refractivity contribution in [1.29, 1.82) is 0 Å². The lowest BCUT2D eigenvalue weighted by atomic mass is 9.68. The Morgan fingerprint density at radius 1 is 1.17 bits per heavy atom. The van der Waals surface area contributed by atoms with Crippen LogP contribution in [0.3, 0.4) is 0 Å². The van der Waals surface area contributed by atoms with E-state index < -0.39 is 27.7 Å². The quantitative estimate of drug-likeness (QED) is 0.291. The van der Waals surface area contributed by atoms with Gasteiger partial charge in [0.05, 0.1) is 29.7 Å². The number of hydrogen-bond donors (Lipinski definition) is 2. The van der Waals surface area contributed by atoms with Gasteiger partial charge in [-0.15, -0.1) is 4.36 Å². The van der Waals surface area contributed by atoms with Gasteiger partial charge in [0.25, 0.3) is 11.8 Å². The molecular formula is C39H45ClN4O7S. The zero-order chi connectivity index (χ0) is 36.8. The average Bonchev–Trinajstić information content (AvgIpc) is 3.42. The Labute approximate surface area is 309 Å². The molecule has 6 atom stereocenters. The molecule has 11 nitrogen and oxygen atoms in total. The molecule has 13 heteroatoms. The first-order valence-corrected chi connectivity index (χ1v) is 19.9. The van der Waals surface area contributed by atoms with Gasteiger partial charge < -0.3 is 24.0 Å². The van der Waals surface area contributed by atoms with E-state index in [0.717, 1.165) is 49.4 Å². The van der Waals surface area contributed by atoms with Gasteiger partial charge in [-0.2, -0.15) is 0 Å². The van der Waals surface area contributed by atoms with Crippen molar-refractivity contribution in [3.63, 3.8) is 0 Å². The monoisotopic (exact) mass is 748 g/mol. The molecule has 52 heavy (non-hydrogen) atoms. The number of amides is 2. The number of nitrogens with one attached hydrogen (secondary N) is 1. The Balaban J connectivity index is 1.30. The Morgan fingerprint density at radius 3 is 2.73 bits per heavy atom. The number of aromatic carboxylic acids is 1. The van der Waals surface area contributed by atoms with Crippen LogP contribution in [0.15, 0.2) is 65.2 Å². The molecule has 1 unspecified atom stereocenters. The van der Waals surface area contributed by atoms with E-state index in [1.807, 2.05) is 19.1 Å². The van der Waals surface area contributed by atoms with Gasteiger partial charge in [-0.1, -0.05) is 36.7 Å². The van der Waals surface area contributed by atoms with Crippen LogP contribution in [0.1, 0.15) is 81.4 Å². The van der Waals surface area contributed by atoms with Gasteiger partial charge >= 0.3 is 5.97 Å². The van der Waals surface area contributed by atoms with Crippen molar-refractivity contribution in [2.45, 2.75) is 57.0 Å². The lowest BCUT2D eigenvalue weighted by Gasteiger charge is -2.46. The summed E-state index contributed by atoms with van der Waals surface area (Å²) in [6.07, 6.45) is 10.9. The summed E-state index contributed by atoms with van der Waals surface area (Å²) in [7, 11) is -0.427. The molecule has 3 heterocycles. The molecule has 1 spiro atoms. The second-order valence-corrected chi connectivity index (χ2v) is 17.4. The summed E-state index contributed by atoms with van der Waals surface area (Å²) < 4.78 is 35.2. The summed E-state index contributed by atoms with van der Waals surface area (Å²) in [6, 6.07) is 12.6. The van der Waals surface area contributed by atoms with Gasteiger partial charge in [0.15, 0.2) is 0 Å². The number of rotatable bonds is 4. The molecular weight excluding hydrogens is 704 g/mol. The summed E-state index contributed by atoms with van der Waals surface area (Å²) in [5.41, 5.74) is 3.09. The Bertz CT molecular complexity index is 2070. The standard InChI is InChI=1S/C39H45ClN4O7S/c1-24-6-4-8-34(50-3)30-12-9-27(30)20-44-22-39(15-5-7-25-16-29(40)11-13-31(25)39)23-51-35-14-10-26(17-32(35)44)36(45)41-52(49,21-24)42-37(46)28-18-33(38(47)48)43(2)19-28/h4,8,10-11,13-14,16-19,24,27,30,34H,5-7,9,12,15,20-23H2,1-3H3,(H,47,48)(H,41,42,45,46,49)/b8-4+/t24-,27-,30+,34-,39-,52?/m0/s1. The predicted octanol–water partition coefficient (Wildman–Crippen LogP) is 6.44. The molecule has 2 aliphatic heterocycles. The van der Waals surface area contributed by atoms with Crippen LogP contribution in [0.25, 0.3) is 0 Å². The fourth-order valence-electron chi connectivity index (χ4n) is 8.47. The third-order valence-electron chi connectivity index (χ3n) is 11.3. The highest BCUT2D eigenvalue weighted by Crippen LogP contribution is 2.47. The summed E-state index contributed by atoms with van der Waals surface area (Å²) in [5, 5.41) is 10.2. The first-order valence-electron chi connectivity index (χ1n) is 17.9. The lowest BCUT2D eigenvalue weighted by Crippen LogP contribution is -2.49. The van der Waals surface area contributed by atoms with E-state index in [2.05, 4.69) is 32.2 Å². The number of carbonyl (C=O) groups excluding carboxylic acids is 2. The van der Waals surface area contributed by atoms with Crippen molar-refractivity contribution in [1.82, 2.24) is 9.29 Å². The SMILES string of the molecule is CO[C@H]1/C=C/C[C@H](C)CS(=O)(NC(=O)c2cc(C(=O)O)n(C)c2)=NC(=O)c2ccc3c(c2)N(C[C@@H]2CC[C@H]21)C[C@@]1(CCCc2cc(Cl)ccc21)CO3. The van der Waals surface area contributed by atoms with Gasteiger partial charge in [0, 0.05) is 49.4 Å². The molecule has 4 aliphatic rings. The molecule has 0 saturated heterocycles. The third-order valence-corrected chi connectivity index (χ3v) is 13.5. The molecule has 2 amide bonds. The number of allylic oxidation sites excluding steroid dienone is 1. The van der Waals surface area contributed by atoms with Crippen LogP contribution in [0.5, 0.6) is 5.75 Å². The van der Waals surface area contributed by atoms with Gasteiger partial charge in [-0.25, -0.2) is 9.00 Å². The average molecular weight is 749 g/mol. The highest BCUT2D eigenvalue weighted by atomic mass is 35.5. The highest BCUT2D eigenvalue weighted by Gasteiger charge is 2.44. The third kappa shape index (κ3) is 7.12. The Kier molecular flexibility index (Phi) is 10.0. The van der Waals surface area contributed by atoms with E-state index in [0.29, 0.717) is 37.2 Å². The van der Waals surface area contributed by atoms with Crippen molar-refractivity contribution in [2.75, 3.05) is 37.5 Å². The summed E-state index contributed by atoms with van der Waals surface area (Å²) in [5.74, 6) is -1.71. The molecule has 7 rings (SSSR count). The number of ether oxygens (including phenoxy) is 2. The smallest absolute Gasteiger partial charge is 0.352 e. The second-order valence-electron chi connectivity index (χ2n) is 14.9. The van der Waals surface area contributed by atoms with Crippen LogP contribution in [-0.2, 0) is 33.5 Å². The number of benzene rings is 2. The van der Waals surface area contributed by atoms with Crippen molar-refractivity contribution < 1.29 is 33.2 Å².